The number of aromatic nitrogens is 1. The van der Waals surface area contributed by atoms with Gasteiger partial charge in [-0.15, -0.1) is 0 Å². The first-order valence-electron chi connectivity index (χ1n) is 11.1. The Morgan fingerprint density at radius 2 is 1.73 bits per heavy atom. The zero-order valence-electron chi connectivity index (χ0n) is 18.1. The molecule has 1 saturated heterocycles. The number of aryl methyl sites for hydroxylation is 2. The van der Waals surface area contributed by atoms with Crippen LogP contribution in [0, 0.1) is 13.8 Å². The highest BCUT2D eigenvalue weighted by Crippen LogP contribution is 2.30. The van der Waals surface area contributed by atoms with Crippen molar-refractivity contribution in [2.75, 3.05) is 26.2 Å². The molecule has 1 fully saturated rings. The van der Waals surface area contributed by atoms with Gasteiger partial charge in [-0.25, -0.2) is 0 Å². The second-order valence-electron chi connectivity index (χ2n) is 8.39. The van der Waals surface area contributed by atoms with Crippen LogP contribution < -0.4 is 5.32 Å². The van der Waals surface area contributed by atoms with E-state index in [9.17, 15) is 4.79 Å². The average molecular weight is 402 g/mol. The number of nitrogens with one attached hydrogen (secondary N) is 1. The quantitative estimate of drug-likeness (QED) is 0.645. The summed E-state index contributed by atoms with van der Waals surface area (Å²) in [6.45, 7) is 7.94. The Hall–Kier alpha value is -2.72. The Bertz CT molecular complexity index is 1020. The lowest BCUT2D eigenvalue weighted by atomic mass is 9.98. The van der Waals surface area contributed by atoms with Crippen LogP contribution in [0.1, 0.15) is 47.3 Å². The maximum atomic E-state index is 13.1. The van der Waals surface area contributed by atoms with Gasteiger partial charge >= 0.3 is 0 Å². The summed E-state index contributed by atoms with van der Waals surface area (Å²) in [6.07, 6.45) is 5.19. The Morgan fingerprint density at radius 1 is 1.00 bits per heavy atom. The van der Waals surface area contributed by atoms with E-state index in [2.05, 4.69) is 47.5 Å². The number of pyridine rings is 1. The highest BCUT2D eigenvalue weighted by molar-refractivity contribution is 6.09. The molecule has 0 bridgehead atoms. The van der Waals surface area contributed by atoms with Crippen molar-refractivity contribution < 1.29 is 4.79 Å². The van der Waals surface area contributed by atoms with Gasteiger partial charge in [-0.2, -0.15) is 0 Å². The topological polar surface area (TPSA) is 45.2 Å². The monoisotopic (exact) mass is 401 g/mol. The molecule has 1 aliphatic rings. The Kier molecular flexibility index (Phi) is 6.44. The SMILES string of the molecule is Cc1ccc(-c2cccc3c(C(=O)NCCN4CCCCCC4)cc(C)nc23)cc1. The maximum absolute atomic E-state index is 13.1. The van der Waals surface area contributed by atoms with Crippen LogP contribution in [0.2, 0.25) is 0 Å². The van der Waals surface area contributed by atoms with E-state index in [1.807, 2.05) is 25.1 Å². The number of nitrogens with zero attached hydrogens (tertiary/aromatic N) is 2. The minimum absolute atomic E-state index is 0.0126. The number of carbonyl (C=O) groups is 1. The van der Waals surface area contributed by atoms with Crippen LogP contribution in [-0.2, 0) is 0 Å². The summed E-state index contributed by atoms with van der Waals surface area (Å²) in [7, 11) is 0. The van der Waals surface area contributed by atoms with Gasteiger partial charge in [-0.3, -0.25) is 9.78 Å². The van der Waals surface area contributed by atoms with Crippen LogP contribution in [0.25, 0.3) is 22.0 Å². The Labute approximate surface area is 179 Å². The lowest BCUT2D eigenvalue weighted by Crippen LogP contribution is -2.35. The molecule has 1 aliphatic heterocycles. The fourth-order valence-corrected chi connectivity index (χ4v) is 4.31. The molecule has 2 aromatic carbocycles. The van der Waals surface area contributed by atoms with Gasteiger partial charge in [0.05, 0.1) is 11.1 Å². The molecule has 156 valence electrons. The van der Waals surface area contributed by atoms with E-state index in [1.54, 1.807) is 0 Å². The van der Waals surface area contributed by atoms with Crippen molar-refractivity contribution in [3.05, 3.63) is 65.4 Å². The molecule has 3 aromatic rings. The largest absolute Gasteiger partial charge is 0.351 e. The minimum Gasteiger partial charge on any atom is -0.351 e. The highest BCUT2D eigenvalue weighted by atomic mass is 16.1. The number of fused-ring (bicyclic) bond motifs is 1. The summed E-state index contributed by atoms with van der Waals surface area (Å²) in [5, 5.41) is 4.05. The lowest BCUT2D eigenvalue weighted by Gasteiger charge is -2.20. The van der Waals surface area contributed by atoms with Crippen LogP contribution in [0.15, 0.2) is 48.5 Å². The average Bonchev–Trinajstić information content (AvgIpc) is 3.02. The number of hydrogen-bond acceptors (Lipinski definition) is 3. The normalized spacial score (nSPS) is 15.1. The summed E-state index contributed by atoms with van der Waals surface area (Å²) in [5.41, 5.74) is 5.88. The van der Waals surface area contributed by atoms with Gasteiger partial charge in [0.1, 0.15) is 0 Å². The predicted molar refractivity (Wildman–Crippen MR) is 124 cm³/mol. The number of amides is 1. The number of benzene rings is 2. The van der Waals surface area contributed by atoms with Crippen LogP contribution in [0.4, 0.5) is 0 Å². The second-order valence-corrected chi connectivity index (χ2v) is 8.39. The third-order valence-electron chi connectivity index (χ3n) is 5.99. The van der Waals surface area contributed by atoms with Crippen molar-refractivity contribution in [1.29, 1.82) is 0 Å². The predicted octanol–water partition coefficient (Wildman–Crippen LogP) is 5.12. The van der Waals surface area contributed by atoms with Gasteiger partial charge < -0.3 is 10.2 Å². The van der Waals surface area contributed by atoms with E-state index in [0.29, 0.717) is 12.1 Å². The Balaban J connectivity index is 1.57. The first-order chi connectivity index (χ1) is 14.6. The summed E-state index contributed by atoms with van der Waals surface area (Å²) in [5.74, 6) is -0.0126. The number of carbonyl (C=O) groups excluding carboxylic acids is 1. The van der Waals surface area contributed by atoms with Gasteiger partial charge in [0.15, 0.2) is 0 Å². The molecule has 0 unspecified atom stereocenters. The molecule has 0 radical (unpaired) electrons. The van der Waals surface area contributed by atoms with Crippen molar-refractivity contribution in [1.82, 2.24) is 15.2 Å². The van der Waals surface area contributed by atoms with E-state index in [0.717, 1.165) is 47.4 Å². The van der Waals surface area contributed by atoms with E-state index >= 15 is 0 Å². The first kappa shape index (κ1) is 20.5. The zero-order chi connectivity index (χ0) is 20.9. The summed E-state index contributed by atoms with van der Waals surface area (Å²) in [4.78, 5) is 20.3. The van der Waals surface area contributed by atoms with Gasteiger partial charge in [-0.1, -0.05) is 60.9 Å². The molecular weight excluding hydrogens is 370 g/mol. The minimum atomic E-state index is -0.0126. The maximum Gasteiger partial charge on any atom is 0.252 e. The molecule has 30 heavy (non-hydrogen) atoms. The molecule has 0 atom stereocenters. The zero-order valence-corrected chi connectivity index (χ0v) is 18.1. The molecule has 4 nitrogen and oxygen atoms in total. The number of hydrogen-bond donors (Lipinski definition) is 1. The van der Waals surface area contributed by atoms with Crippen LogP contribution in [0.5, 0.6) is 0 Å². The van der Waals surface area contributed by atoms with E-state index in [4.69, 9.17) is 4.98 Å². The summed E-state index contributed by atoms with van der Waals surface area (Å²) < 4.78 is 0. The van der Waals surface area contributed by atoms with Crippen molar-refractivity contribution in [3.63, 3.8) is 0 Å². The fourth-order valence-electron chi connectivity index (χ4n) is 4.31. The van der Waals surface area contributed by atoms with Crippen molar-refractivity contribution >= 4 is 16.8 Å². The van der Waals surface area contributed by atoms with Crippen molar-refractivity contribution in [2.24, 2.45) is 0 Å². The number of rotatable bonds is 5. The van der Waals surface area contributed by atoms with Crippen molar-refractivity contribution in [3.8, 4) is 11.1 Å². The molecule has 4 rings (SSSR count). The van der Waals surface area contributed by atoms with Gasteiger partial charge in [0.2, 0.25) is 0 Å². The van der Waals surface area contributed by atoms with Crippen LogP contribution in [-0.4, -0.2) is 42.0 Å². The molecule has 1 amide bonds. The number of para-hydroxylation sites is 1. The third kappa shape index (κ3) is 4.71. The standard InChI is InChI=1S/C26H31N3O/c1-19-10-12-21(13-11-19)22-8-7-9-23-24(18-20(2)28-25(22)23)26(30)27-14-17-29-15-5-3-4-6-16-29/h7-13,18H,3-6,14-17H2,1-2H3,(H,27,30). The Morgan fingerprint density at radius 3 is 2.47 bits per heavy atom. The fraction of sp³-hybridized carbons (Fsp3) is 0.385. The van der Waals surface area contributed by atoms with Gasteiger partial charge in [-0.05, 0) is 51.4 Å². The van der Waals surface area contributed by atoms with E-state index in [-0.39, 0.29) is 5.91 Å². The highest BCUT2D eigenvalue weighted by Gasteiger charge is 2.15. The van der Waals surface area contributed by atoms with Crippen molar-refractivity contribution in [2.45, 2.75) is 39.5 Å². The molecule has 0 saturated carbocycles. The summed E-state index contributed by atoms with van der Waals surface area (Å²) in [6, 6.07) is 16.5. The molecule has 0 spiro atoms. The van der Waals surface area contributed by atoms with E-state index < -0.39 is 0 Å². The second kappa shape index (κ2) is 9.40. The summed E-state index contributed by atoms with van der Waals surface area (Å²) >= 11 is 0. The van der Waals surface area contributed by atoms with Gasteiger partial charge in [0, 0.05) is 29.7 Å². The van der Waals surface area contributed by atoms with Gasteiger partial charge in [0.25, 0.3) is 5.91 Å². The smallest absolute Gasteiger partial charge is 0.252 e. The molecule has 1 N–H and O–H groups in total. The van der Waals surface area contributed by atoms with Crippen LogP contribution in [0.3, 0.4) is 0 Å². The lowest BCUT2D eigenvalue weighted by molar-refractivity contribution is 0.0950. The molecule has 1 aromatic heterocycles. The van der Waals surface area contributed by atoms with E-state index in [1.165, 1.54) is 31.2 Å². The molecule has 0 aliphatic carbocycles. The molecule has 2 heterocycles. The molecular formula is C26H31N3O. The van der Waals surface area contributed by atoms with Crippen LogP contribution >= 0.6 is 0 Å². The first-order valence-corrected chi connectivity index (χ1v) is 11.1. The third-order valence-corrected chi connectivity index (χ3v) is 5.99. The molecule has 4 heteroatoms. The number of likely N-dealkylation sites (tertiary alicyclic amines) is 1.